The van der Waals surface area contributed by atoms with E-state index in [4.69, 9.17) is 0 Å². The van der Waals surface area contributed by atoms with Crippen molar-refractivity contribution in [2.24, 2.45) is 0 Å². The van der Waals surface area contributed by atoms with E-state index in [2.05, 4.69) is 82.7 Å². The van der Waals surface area contributed by atoms with Crippen LogP contribution >= 0.6 is 8.37 Å². The van der Waals surface area contributed by atoms with Crippen molar-refractivity contribution in [3.05, 3.63) is 60.2 Å². The summed E-state index contributed by atoms with van der Waals surface area (Å²) in [5.41, 5.74) is 4.27. The van der Waals surface area contributed by atoms with Crippen LogP contribution in [0, 0.1) is 0 Å². The molecule has 2 heterocycles. The van der Waals surface area contributed by atoms with Gasteiger partial charge in [0.05, 0.1) is 6.04 Å². The zero-order valence-corrected chi connectivity index (χ0v) is 13.4. The monoisotopic (exact) mass is 297 g/mol. The summed E-state index contributed by atoms with van der Waals surface area (Å²) in [6.45, 7) is 1.11. The largest absolute Gasteiger partial charge is 0.319 e. The summed E-state index contributed by atoms with van der Waals surface area (Å²) < 4.78 is 7.61. The highest BCUT2D eigenvalue weighted by Gasteiger charge is 2.45. The average molecular weight is 297 g/mol. The quantitative estimate of drug-likeness (QED) is 0.782. The Kier molecular flexibility index (Phi) is 3.13. The number of hydrogen-bond acceptors (Lipinski definition) is 3. The van der Waals surface area contributed by atoms with Crippen LogP contribution in [0.25, 0.3) is 0 Å². The number of nitrogens with zero attached hydrogens (tertiary/aromatic N) is 3. The molecule has 0 radical (unpaired) electrons. The molecule has 108 valence electrons. The maximum atomic E-state index is 2.65. The Morgan fingerprint density at radius 2 is 1.71 bits per heavy atom. The van der Waals surface area contributed by atoms with Crippen molar-refractivity contribution in [1.29, 1.82) is 0 Å². The minimum absolute atomic E-state index is 0.471. The molecule has 0 bridgehead atoms. The highest BCUT2D eigenvalue weighted by atomic mass is 31.2. The summed E-state index contributed by atoms with van der Waals surface area (Å²) >= 11 is 0. The maximum absolute atomic E-state index is 2.65. The second-order valence-electron chi connectivity index (χ2n) is 5.86. The molecule has 0 aromatic heterocycles. The van der Waals surface area contributed by atoms with Gasteiger partial charge in [0.15, 0.2) is 8.37 Å². The lowest BCUT2D eigenvalue weighted by Crippen LogP contribution is -2.26. The summed E-state index contributed by atoms with van der Waals surface area (Å²) in [4.78, 5) is 0. The SMILES string of the molecule is CN(C)P1N(c2ccccc2)C[C@@H]2Cc3ccccc3N21. The molecule has 1 saturated heterocycles. The fourth-order valence-corrected chi connectivity index (χ4v) is 5.99. The number of para-hydroxylation sites is 2. The number of fused-ring (bicyclic) bond motifs is 3. The summed E-state index contributed by atoms with van der Waals surface area (Å²) in [5.74, 6) is 0. The van der Waals surface area contributed by atoms with Gasteiger partial charge in [-0.1, -0.05) is 36.4 Å². The van der Waals surface area contributed by atoms with Gasteiger partial charge in [0.2, 0.25) is 0 Å². The molecule has 0 saturated carbocycles. The third-order valence-corrected chi connectivity index (χ3v) is 6.71. The van der Waals surface area contributed by atoms with Gasteiger partial charge in [-0.3, -0.25) is 4.67 Å². The lowest BCUT2D eigenvalue weighted by Gasteiger charge is -2.35. The van der Waals surface area contributed by atoms with E-state index in [-0.39, 0.29) is 0 Å². The van der Waals surface area contributed by atoms with Crippen molar-refractivity contribution in [3.63, 3.8) is 0 Å². The van der Waals surface area contributed by atoms with Gasteiger partial charge in [-0.2, -0.15) is 0 Å². The molecule has 2 aromatic carbocycles. The van der Waals surface area contributed by atoms with E-state index in [0.717, 1.165) is 6.54 Å². The smallest absolute Gasteiger partial charge is 0.178 e. The Bertz CT molecular complexity index is 643. The van der Waals surface area contributed by atoms with Crippen LogP contribution in [0.2, 0.25) is 0 Å². The van der Waals surface area contributed by atoms with Crippen molar-refractivity contribution in [3.8, 4) is 0 Å². The Hall–Kier alpha value is -1.57. The predicted molar refractivity (Wildman–Crippen MR) is 90.8 cm³/mol. The van der Waals surface area contributed by atoms with Crippen molar-refractivity contribution in [1.82, 2.24) is 4.67 Å². The van der Waals surface area contributed by atoms with Gasteiger partial charge in [0.25, 0.3) is 0 Å². The molecular weight excluding hydrogens is 277 g/mol. The lowest BCUT2D eigenvalue weighted by molar-refractivity contribution is 0.672. The molecule has 0 spiro atoms. The molecule has 2 aliphatic rings. The first-order chi connectivity index (χ1) is 10.3. The predicted octanol–water partition coefficient (Wildman–Crippen LogP) is 3.73. The van der Waals surface area contributed by atoms with Crippen LogP contribution in [0.3, 0.4) is 0 Å². The fourth-order valence-electron chi connectivity index (χ4n) is 3.43. The minimum atomic E-state index is -0.471. The van der Waals surface area contributed by atoms with Crippen LogP contribution < -0.4 is 9.34 Å². The number of hydrogen-bond donors (Lipinski definition) is 0. The normalized spacial score (nSPS) is 23.6. The maximum Gasteiger partial charge on any atom is 0.178 e. The Balaban J connectivity index is 1.75. The molecular formula is C17H20N3P. The molecule has 3 nitrogen and oxygen atoms in total. The molecule has 0 aliphatic carbocycles. The van der Waals surface area contributed by atoms with E-state index in [9.17, 15) is 0 Å². The number of rotatable bonds is 2. The van der Waals surface area contributed by atoms with Crippen LogP contribution in [-0.2, 0) is 6.42 Å². The molecule has 2 aliphatic heterocycles. The van der Waals surface area contributed by atoms with E-state index in [1.54, 1.807) is 0 Å². The second-order valence-corrected chi connectivity index (χ2v) is 8.11. The van der Waals surface area contributed by atoms with E-state index in [1.165, 1.54) is 23.4 Å². The summed E-state index contributed by atoms with van der Waals surface area (Å²) in [6.07, 6.45) is 1.17. The summed E-state index contributed by atoms with van der Waals surface area (Å²) in [7, 11) is 3.93. The van der Waals surface area contributed by atoms with Crippen molar-refractivity contribution in [2.75, 3.05) is 30.0 Å². The van der Waals surface area contributed by atoms with Gasteiger partial charge in [-0.05, 0) is 44.3 Å². The first-order valence-electron chi connectivity index (χ1n) is 7.42. The topological polar surface area (TPSA) is 9.72 Å². The van der Waals surface area contributed by atoms with E-state index in [1.807, 2.05) is 0 Å². The molecule has 1 fully saturated rings. The van der Waals surface area contributed by atoms with Gasteiger partial charge in [0.1, 0.15) is 0 Å². The van der Waals surface area contributed by atoms with E-state index in [0.29, 0.717) is 6.04 Å². The fraction of sp³-hybridized carbons (Fsp3) is 0.294. The molecule has 1 unspecified atom stereocenters. The molecule has 4 rings (SSSR count). The standard InChI is InChI=1S/C17H20N3P/c1-18(2)21-19(15-9-4-3-5-10-15)13-16-12-14-8-6-7-11-17(14)20(16)21/h3-11,16H,12-13H2,1-2H3/t16-,21?/m0/s1. The highest BCUT2D eigenvalue weighted by molar-refractivity contribution is 7.59. The third kappa shape index (κ3) is 2.04. The molecule has 2 aromatic rings. The van der Waals surface area contributed by atoms with E-state index < -0.39 is 8.37 Å². The van der Waals surface area contributed by atoms with E-state index >= 15 is 0 Å². The number of anilines is 2. The van der Waals surface area contributed by atoms with Crippen LogP contribution in [-0.4, -0.2) is 31.4 Å². The first kappa shape index (κ1) is 13.1. The van der Waals surface area contributed by atoms with Crippen LogP contribution in [0.4, 0.5) is 11.4 Å². The molecule has 2 atom stereocenters. The minimum Gasteiger partial charge on any atom is -0.319 e. The zero-order valence-electron chi connectivity index (χ0n) is 12.5. The van der Waals surface area contributed by atoms with Crippen LogP contribution in [0.1, 0.15) is 5.56 Å². The lowest BCUT2D eigenvalue weighted by atomic mass is 10.1. The summed E-state index contributed by atoms with van der Waals surface area (Å²) in [5, 5.41) is 0. The molecule has 21 heavy (non-hydrogen) atoms. The zero-order chi connectivity index (χ0) is 14.4. The first-order valence-corrected chi connectivity index (χ1v) is 8.62. The van der Waals surface area contributed by atoms with Gasteiger partial charge in [0, 0.05) is 17.9 Å². The molecule has 4 heteroatoms. The number of benzene rings is 2. The average Bonchev–Trinajstić information content (AvgIpc) is 3.03. The Morgan fingerprint density at radius 1 is 1.00 bits per heavy atom. The molecule has 0 N–H and O–H groups in total. The summed E-state index contributed by atoms with van der Waals surface area (Å²) in [6, 6.07) is 20.3. The van der Waals surface area contributed by atoms with Crippen LogP contribution in [0.15, 0.2) is 54.6 Å². The Labute approximate surface area is 127 Å². The van der Waals surface area contributed by atoms with Crippen molar-refractivity contribution in [2.45, 2.75) is 12.5 Å². The molecule has 0 amide bonds. The highest BCUT2D eigenvalue weighted by Crippen LogP contribution is 2.59. The third-order valence-electron chi connectivity index (χ3n) is 4.24. The van der Waals surface area contributed by atoms with Gasteiger partial charge < -0.3 is 9.34 Å². The second kappa shape index (κ2) is 5.01. The van der Waals surface area contributed by atoms with Crippen molar-refractivity contribution < 1.29 is 0 Å². The van der Waals surface area contributed by atoms with Gasteiger partial charge in [-0.25, -0.2) is 0 Å². The van der Waals surface area contributed by atoms with Crippen molar-refractivity contribution >= 4 is 19.7 Å². The van der Waals surface area contributed by atoms with Gasteiger partial charge in [-0.15, -0.1) is 0 Å². The van der Waals surface area contributed by atoms with Gasteiger partial charge >= 0.3 is 0 Å². The van der Waals surface area contributed by atoms with Crippen LogP contribution in [0.5, 0.6) is 0 Å². The Morgan fingerprint density at radius 3 is 2.48 bits per heavy atom.